The van der Waals surface area contributed by atoms with E-state index in [1.165, 1.54) is 0 Å². The maximum absolute atomic E-state index is 5.43. The molecular formula is C48H54N4Si2. The number of benzene rings is 4. The van der Waals surface area contributed by atoms with Crippen LogP contribution in [0.2, 0.25) is 33.2 Å². The lowest BCUT2D eigenvalue weighted by Gasteiger charge is -2.38. The fraction of sp³-hybridized carbons (Fsp3) is 0.375. The molecular weight excluding hydrogens is 689 g/mol. The van der Waals surface area contributed by atoms with E-state index in [1.54, 1.807) is 0 Å². The van der Waals surface area contributed by atoms with Crippen molar-refractivity contribution in [2.45, 2.75) is 116 Å². The number of nitrogens with zero attached hydrogens (tertiary/aromatic N) is 4. The van der Waals surface area contributed by atoms with E-state index in [1.807, 2.05) is 72.8 Å². The van der Waals surface area contributed by atoms with E-state index in [0.717, 1.165) is 66.4 Å². The summed E-state index contributed by atoms with van der Waals surface area (Å²) < 4.78 is 0. The van der Waals surface area contributed by atoms with Gasteiger partial charge in [-0.25, -0.2) is 19.9 Å². The van der Waals surface area contributed by atoms with Gasteiger partial charge < -0.3 is 0 Å². The van der Waals surface area contributed by atoms with Gasteiger partial charge in [-0.05, 0) is 75.7 Å². The summed E-state index contributed by atoms with van der Waals surface area (Å²) in [6.45, 7) is 28.2. The highest BCUT2D eigenvalue weighted by Gasteiger charge is 2.43. The van der Waals surface area contributed by atoms with Gasteiger partial charge in [-0.15, -0.1) is 11.1 Å². The number of para-hydroxylation sites is 2. The molecule has 0 aliphatic heterocycles. The molecule has 2 heterocycles. The van der Waals surface area contributed by atoms with Crippen LogP contribution in [0.1, 0.15) is 105 Å². The molecule has 0 saturated heterocycles. The molecule has 0 aliphatic carbocycles. The summed E-state index contributed by atoms with van der Waals surface area (Å²) in [5.74, 6) is 14.2. The van der Waals surface area contributed by atoms with Crippen molar-refractivity contribution in [2.75, 3.05) is 0 Å². The van der Waals surface area contributed by atoms with Crippen LogP contribution in [0.5, 0.6) is 0 Å². The van der Waals surface area contributed by atoms with E-state index in [4.69, 9.17) is 19.9 Å². The second kappa shape index (κ2) is 15.5. The molecule has 0 aliphatic rings. The lowest BCUT2D eigenvalue weighted by Crippen LogP contribution is -2.43. The molecule has 0 amide bonds. The number of fused-ring (bicyclic) bond motifs is 4. The third kappa shape index (κ3) is 6.97. The fourth-order valence-corrected chi connectivity index (χ4v) is 19.6. The Hall–Kier alpha value is -4.81. The molecule has 54 heavy (non-hydrogen) atoms. The Morgan fingerprint density at radius 1 is 0.370 bits per heavy atom. The minimum atomic E-state index is -2.13. The van der Waals surface area contributed by atoms with E-state index in [9.17, 15) is 0 Å². The van der Waals surface area contributed by atoms with E-state index in [2.05, 4.69) is 118 Å². The molecule has 6 rings (SSSR count). The van der Waals surface area contributed by atoms with Crippen LogP contribution >= 0.6 is 0 Å². The van der Waals surface area contributed by atoms with Crippen LogP contribution in [0.4, 0.5) is 0 Å². The zero-order valence-electron chi connectivity index (χ0n) is 34.2. The molecule has 0 atom stereocenters. The van der Waals surface area contributed by atoms with Crippen molar-refractivity contribution >= 4 is 60.3 Å². The van der Waals surface area contributed by atoms with Crippen LogP contribution < -0.4 is 0 Å². The van der Waals surface area contributed by atoms with Gasteiger partial charge in [0.05, 0.1) is 33.2 Å². The molecule has 0 spiro atoms. The first-order valence-corrected chi connectivity index (χ1v) is 24.1. The van der Waals surface area contributed by atoms with Gasteiger partial charge in [0, 0.05) is 11.1 Å². The minimum absolute atomic E-state index is 0.471. The minimum Gasteiger partial charge on any atom is -0.243 e. The normalized spacial score (nSPS) is 12.3. The zero-order chi connectivity index (χ0) is 38.9. The highest BCUT2D eigenvalue weighted by atomic mass is 28.3. The fourth-order valence-electron chi connectivity index (χ4n) is 9.16. The molecule has 0 unspecified atom stereocenters. The Morgan fingerprint density at radius 3 is 1.13 bits per heavy atom. The van der Waals surface area contributed by atoms with Crippen LogP contribution in [-0.4, -0.2) is 36.1 Å². The largest absolute Gasteiger partial charge is 0.243 e. The van der Waals surface area contributed by atoms with Crippen LogP contribution in [0, 0.1) is 34.8 Å². The molecule has 6 aromatic rings. The maximum atomic E-state index is 5.43. The predicted octanol–water partition coefficient (Wildman–Crippen LogP) is 12.4. The molecule has 6 heteroatoms. The third-order valence-corrected chi connectivity index (χ3v) is 24.4. The summed E-state index contributed by atoms with van der Waals surface area (Å²) >= 11 is 0. The van der Waals surface area contributed by atoms with Gasteiger partial charge in [0.25, 0.3) is 0 Å². The van der Waals surface area contributed by atoms with Gasteiger partial charge in [0.2, 0.25) is 0 Å². The Bertz CT molecular complexity index is 2510. The molecule has 0 radical (unpaired) electrons. The topological polar surface area (TPSA) is 51.6 Å². The second-order valence-corrected chi connectivity index (χ2v) is 27.9. The third-order valence-electron chi connectivity index (χ3n) is 11.8. The first-order chi connectivity index (χ1) is 25.7. The smallest absolute Gasteiger partial charge is 0.146 e. The maximum Gasteiger partial charge on any atom is 0.146 e. The first kappa shape index (κ1) is 38.9. The van der Waals surface area contributed by atoms with Crippen molar-refractivity contribution in [2.24, 2.45) is 0 Å². The first-order valence-electron chi connectivity index (χ1n) is 19.7. The predicted molar refractivity (Wildman–Crippen MR) is 236 cm³/mol. The number of aromatic nitrogens is 4. The van der Waals surface area contributed by atoms with Gasteiger partial charge in [0.15, 0.2) is 0 Å². The summed E-state index contributed by atoms with van der Waals surface area (Å²) in [5, 5.41) is 0. The summed E-state index contributed by atoms with van der Waals surface area (Å²) in [5.41, 5.74) is 20.5. The van der Waals surface area contributed by atoms with Crippen molar-refractivity contribution in [3.8, 4) is 34.8 Å². The molecule has 0 N–H and O–H groups in total. The van der Waals surface area contributed by atoms with E-state index in [0.29, 0.717) is 33.2 Å². The van der Waals surface area contributed by atoms with Crippen molar-refractivity contribution in [1.82, 2.24) is 19.9 Å². The molecule has 0 saturated carbocycles. The van der Waals surface area contributed by atoms with Crippen molar-refractivity contribution in [3.63, 3.8) is 0 Å². The van der Waals surface area contributed by atoms with Gasteiger partial charge in [-0.2, -0.15) is 0 Å². The Balaban J connectivity index is 1.78. The molecule has 2 aromatic heterocycles. The van der Waals surface area contributed by atoms with E-state index < -0.39 is 16.1 Å². The molecule has 0 fully saturated rings. The Kier molecular flexibility index (Phi) is 11.2. The summed E-state index contributed by atoms with van der Waals surface area (Å²) in [4.78, 5) is 21.5. The summed E-state index contributed by atoms with van der Waals surface area (Å²) in [6, 6.07) is 24.3. The van der Waals surface area contributed by atoms with Gasteiger partial charge >= 0.3 is 0 Å². The highest BCUT2D eigenvalue weighted by Crippen LogP contribution is 2.43. The standard InChI is InChI=1S/C48H54N4Si2/c1-31(2)53(32(3)4,33(5)6)28-26-39-45-46(50-42-21-17-16-20-41(42)49-45)40(27-29-54(34(7)8,35(9)10)36(11)12)48-47(39)51-43-25-24-38(30-44(43)52-48)23-22-37-18-14-13-15-19-37/h13-21,24-25,30-36H,1-12H3. The molecule has 0 bridgehead atoms. The number of hydrogen-bond donors (Lipinski definition) is 0. The van der Waals surface area contributed by atoms with Crippen molar-refractivity contribution in [1.29, 1.82) is 0 Å². The Labute approximate surface area is 325 Å². The zero-order valence-corrected chi connectivity index (χ0v) is 36.2. The van der Waals surface area contributed by atoms with Crippen LogP contribution in [0.15, 0.2) is 72.8 Å². The van der Waals surface area contributed by atoms with Crippen LogP contribution in [-0.2, 0) is 0 Å². The van der Waals surface area contributed by atoms with E-state index >= 15 is 0 Å². The molecule has 4 aromatic carbocycles. The molecule has 274 valence electrons. The van der Waals surface area contributed by atoms with Gasteiger partial charge in [-0.1, -0.05) is 137 Å². The number of rotatable bonds is 6. The SMILES string of the molecule is CC(C)[Si](C#Cc1c2nc3ccccc3nc2c(C#C[Si](C(C)C)(C(C)C)C(C)C)c2nc3cc(C#Cc4ccccc4)ccc3nc12)(C(C)C)C(C)C. The quantitative estimate of drug-likeness (QED) is 0.0968. The van der Waals surface area contributed by atoms with Gasteiger partial charge in [0.1, 0.15) is 38.2 Å². The molecule has 4 nitrogen and oxygen atoms in total. The lowest BCUT2D eigenvalue weighted by atomic mass is 10.0. The Morgan fingerprint density at radius 2 is 0.722 bits per heavy atom. The van der Waals surface area contributed by atoms with Gasteiger partial charge in [-0.3, -0.25) is 0 Å². The van der Waals surface area contributed by atoms with Crippen molar-refractivity contribution in [3.05, 3.63) is 95.1 Å². The average Bonchev–Trinajstić information content (AvgIpc) is 3.13. The lowest BCUT2D eigenvalue weighted by molar-refractivity contribution is 0.838. The van der Waals surface area contributed by atoms with Crippen LogP contribution in [0.3, 0.4) is 0 Å². The number of hydrogen-bond acceptors (Lipinski definition) is 4. The monoisotopic (exact) mass is 742 g/mol. The second-order valence-electron chi connectivity index (χ2n) is 16.7. The summed E-state index contributed by atoms with van der Waals surface area (Å²) in [6.07, 6.45) is 0. The average molecular weight is 743 g/mol. The highest BCUT2D eigenvalue weighted by molar-refractivity contribution is 6.91. The van der Waals surface area contributed by atoms with Crippen LogP contribution in [0.25, 0.3) is 44.1 Å². The van der Waals surface area contributed by atoms with E-state index in [-0.39, 0.29) is 0 Å². The summed E-state index contributed by atoms with van der Waals surface area (Å²) in [7, 11) is -4.26. The van der Waals surface area contributed by atoms with Crippen molar-refractivity contribution < 1.29 is 0 Å².